The van der Waals surface area contributed by atoms with Crippen molar-refractivity contribution in [2.75, 3.05) is 19.6 Å². The molecular weight excluding hydrogens is 234 g/mol. The van der Waals surface area contributed by atoms with Crippen LogP contribution in [0.5, 0.6) is 0 Å². The zero-order valence-corrected chi connectivity index (χ0v) is 11.2. The lowest BCUT2D eigenvalue weighted by Gasteiger charge is -2.27. The molecule has 102 valence electrons. The quantitative estimate of drug-likeness (QED) is 0.641. The maximum Gasteiger partial charge on any atom is 0.410 e. The fourth-order valence-electron chi connectivity index (χ4n) is 2.54. The van der Waals surface area contributed by atoms with Crippen molar-refractivity contribution in [3.8, 4) is 0 Å². The summed E-state index contributed by atoms with van der Waals surface area (Å²) in [6.45, 7) is 7.14. The van der Waals surface area contributed by atoms with E-state index in [2.05, 4.69) is 5.32 Å². The first-order valence-electron chi connectivity index (χ1n) is 6.25. The monoisotopic (exact) mass is 255 g/mol. The van der Waals surface area contributed by atoms with Crippen molar-refractivity contribution < 1.29 is 14.3 Å². The molecule has 2 unspecified atom stereocenters. The largest absolute Gasteiger partial charge is 0.444 e. The number of nitrogens with two attached hydrogens (primary N) is 1. The van der Waals surface area contributed by atoms with Crippen molar-refractivity contribution in [3.63, 3.8) is 0 Å². The molecule has 2 aliphatic rings. The van der Waals surface area contributed by atoms with Gasteiger partial charge in [0.1, 0.15) is 5.60 Å². The molecule has 2 aliphatic heterocycles. The Bertz CT molecular complexity index is 377. The summed E-state index contributed by atoms with van der Waals surface area (Å²) in [6.07, 6.45) is 0.414. The molecule has 0 radical (unpaired) electrons. The molecule has 2 amide bonds. The number of amides is 2. The van der Waals surface area contributed by atoms with Crippen LogP contribution in [0.4, 0.5) is 4.79 Å². The van der Waals surface area contributed by atoms with Crippen molar-refractivity contribution in [2.24, 2.45) is 11.1 Å². The molecule has 2 atom stereocenters. The fraction of sp³-hybridized carbons (Fsp3) is 0.833. The predicted octanol–water partition coefficient (Wildman–Crippen LogP) is 0.0707. The van der Waals surface area contributed by atoms with Gasteiger partial charge in [-0.05, 0) is 27.2 Å². The second kappa shape index (κ2) is 4.12. The third kappa shape index (κ3) is 2.29. The molecule has 1 spiro atoms. The van der Waals surface area contributed by atoms with E-state index in [1.165, 1.54) is 0 Å². The molecule has 6 heteroatoms. The Morgan fingerprint density at radius 1 is 1.56 bits per heavy atom. The summed E-state index contributed by atoms with van der Waals surface area (Å²) in [5, 5.41) is 2.77. The van der Waals surface area contributed by atoms with Gasteiger partial charge in [-0.3, -0.25) is 4.79 Å². The van der Waals surface area contributed by atoms with Gasteiger partial charge in [0.25, 0.3) is 0 Å². The molecule has 6 nitrogen and oxygen atoms in total. The van der Waals surface area contributed by atoms with Crippen LogP contribution < -0.4 is 11.1 Å². The van der Waals surface area contributed by atoms with E-state index in [-0.39, 0.29) is 17.4 Å². The third-order valence-corrected chi connectivity index (χ3v) is 3.59. The number of rotatable bonds is 0. The van der Waals surface area contributed by atoms with Crippen LogP contribution in [0.25, 0.3) is 0 Å². The summed E-state index contributed by atoms with van der Waals surface area (Å²) in [7, 11) is 0. The Kier molecular flexibility index (Phi) is 3.01. The van der Waals surface area contributed by atoms with Crippen molar-refractivity contribution in [3.05, 3.63) is 0 Å². The van der Waals surface area contributed by atoms with Gasteiger partial charge >= 0.3 is 6.09 Å². The van der Waals surface area contributed by atoms with E-state index in [1.54, 1.807) is 4.90 Å². The molecule has 0 bridgehead atoms. The van der Waals surface area contributed by atoms with Crippen LogP contribution >= 0.6 is 0 Å². The zero-order chi connectivity index (χ0) is 13.6. The van der Waals surface area contributed by atoms with Crippen LogP contribution in [-0.2, 0) is 9.53 Å². The normalized spacial score (nSPS) is 31.9. The van der Waals surface area contributed by atoms with Crippen LogP contribution in [0.15, 0.2) is 0 Å². The molecule has 18 heavy (non-hydrogen) atoms. The second-order valence-corrected chi connectivity index (χ2v) is 6.21. The van der Waals surface area contributed by atoms with Gasteiger partial charge in [-0.2, -0.15) is 0 Å². The van der Waals surface area contributed by atoms with E-state index in [0.29, 0.717) is 19.6 Å². The van der Waals surface area contributed by atoms with Crippen molar-refractivity contribution in [1.29, 1.82) is 0 Å². The molecular formula is C12H21N3O3. The molecule has 0 aromatic heterocycles. The Balaban J connectivity index is 2.01. The molecule has 2 rings (SSSR count). The van der Waals surface area contributed by atoms with Crippen LogP contribution in [-0.4, -0.2) is 48.2 Å². The summed E-state index contributed by atoms with van der Waals surface area (Å²) in [5.41, 5.74) is 5.10. The first kappa shape index (κ1) is 13.1. The first-order chi connectivity index (χ1) is 8.23. The van der Waals surface area contributed by atoms with E-state index in [1.807, 2.05) is 20.8 Å². The highest BCUT2D eigenvalue weighted by atomic mass is 16.6. The molecule has 2 fully saturated rings. The standard InChI is InChI=1S/C12H21N3O3/c1-11(2,3)18-10(17)15-5-4-12(7-15)6-14-9(16)8(12)13/h8H,4-7,13H2,1-3H3,(H,14,16). The molecule has 3 N–H and O–H groups in total. The summed E-state index contributed by atoms with van der Waals surface area (Å²) in [6, 6.07) is -0.523. The number of carbonyl (C=O) groups is 2. The van der Waals surface area contributed by atoms with Crippen molar-refractivity contribution in [1.82, 2.24) is 10.2 Å². The highest BCUT2D eigenvalue weighted by molar-refractivity contribution is 5.85. The van der Waals surface area contributed by atoms with E-state index >= 15 is 0 Å². The van der Waals surface area contributed by atoms with Gasteiger partial charge in [0.2, 0.25) is 5.91 Å². The lowest BCUT2D eigenvalue weighted by atomic mass is 9.82. The van der Waals surface area contributed by atoms with Gasteiger partial charge < -0.3 is 20.7 Å². The summed E-state index contributed by atoms with van der Waals surface area (Å²) in [4.78, 5) is 25.1. The SMILES string of the molecule is CC(C)(C)OC(=O)N1CCC2(CNC(=O)C2N)C1. The van der Waals surface area contributed by atoms with Gasteiger partial charge in [-0.1, -0.05) is 0 Å². The van der Waals surface area contributed by atoms with Crippen LogP contribution in [0.1, 0.15) is 27.2 Å². The van der Waals surface area contributed by atoms with Gasteiger partial charge in [0.05, 0.1) is 6.04 Å². The molecule has 2 heterocycles. The minimum Gasteiger partial charge on any atom is -0.444 e. The second-order valence-electron chi connectivity index (χ2n) is 6.21. The van der Waals surface area contributed by atoms with Crippen LogP contribution in [0.2, 0.25) is 0 Å². The highest BCUT2D eigenvalue weighted by Crippen LogP contribution is 2.36. The van der Waals surface area contributed by atoms with Crippen LogP contribution in [0.3, 0.4) is 0 Å². The Morgan fingerprint density at radius 3 is 2.72 bits per heavy atom. The number of nitrogens with one attached hydrogen (secondary N) is 1. The maximum absolute atomic E-state index is 11.9. The summed E-state index contributed by atoms with van der Waals surface area (Å²) < 4.78 is 5.33. The number of ether oxygens (including phenoxy) is 1. The van der Waals surface area contributed by atoms with Gasteiger partial charge in [-0.15, -0.1) is 0 Å². The Labute approximate surface area is 107 Å². The van der Waals surface area contributed by atoms with Crippen LogP contribution in [0, 0.1) is 5.41 Å². The lowest BCUT2D eigenvalue weighted by molar-refractivity contribution is -0.121. The molecule has 0 saturated carbocycles. The molecule has 2 saturated heterocycles. The Morgan fingerprint density at radius 2 is 2.22 bits per heavy atom. The van der Waals surface area contributed by atoms with E-state index in [0.717, 1.165) is 6.42 Å². The highest BCUT2D eigenvalue weighted by Gasteiger charge is 2.51. The number of hydrogen-bond acceptors (Lipinski definition) is 4. The number of hydrogen-bond donors (Lipinski definition) is 2. The maximum atomic E-state index is 11.9. The van der Waals surface area contributed by atoms with E-state index in [4.69, 9.17) is 10.5 Å². The third-order valence-electron chi connectivity index (χ3n) is 3.59. The number of nitrogens with zero attached hydrogens (tertiary/aromatic N) is 1. The van der Waals surface area contributed by atoms with Gasteiger partial charge in [-0.25, -0.2) is 4.79 Å². The van der Waals surface area contributed by atoms with E-state index in [9.17, 15) is 9.59 Å². The average Bonchev–Trinajstić information content (AvgIpc) is 2.78. The summed E-state index contributed by atoms with van der Waals surface area (Å²) in [5.74, 6) is -0.124. The van der Waals surface area contributed by atoms with Crippen molar-refractivity contribution in [2.45, 2.75) is 38.8 Å². The zero-order valence-electron chi connectivity index (χ0n) is 11.2. The van der Waals surface area contributed by atoms with E-state index < -0.39 is 11.6 Å². The first-order valence-corrected chi connectivity index (χ1v) is 6.25. The number of likely N-dealkylation sites (tertiary alicyclic amines) is 1. The average molecular weight is 255 g/mol. The van der Waals surface area contributed by atoms with Gasteiger partial charge in [0.15, 0.2) is 0 Å². The smallest absolute Gasteiger partial charge is 0.410 e. The van der Waals surface area contributed by atoms with Gasteiger partial charge in [0, 0.05) is 25.0 Å². The van der Waals surface area contributed by atoms with Crippen molar-refractivity contribution >= 4 is 12.0 Å². The Hall–Kier alpha value is -1.30. The lowest BCUT2D eigenvalue weighted by Crippen LogP contribution is -2.45. The summed E-state index contributed by atoms with van der Waals surface area (Å²) >= 11 is 0. The number of carbonyl (C=O) groups excluding carboxylic acids is 2. The molecule has 0 aromatic carbocycles. The topological polar surface area (TPSA) is 84.7 Å². The molecule has 0 aromatic rings. The minimum atomic E-state index is -0.523. The predicted molar refractivity (Wildman–Crippen MR) is 65.8 cm³/mol. The molecule has 0 aliphatic carbocycles. The fourth-order valence-corrected chi connectivity index (χ4v) is 2.54. The minimum absolute atomic E-state index is 0.124.